The van der Waals surface area contributed by atoms with Gasteiger partial charge in [0.15, 0.2) is 0 Å². The fraction of sp³-hybridized carbons (Fsp3) is 0.115. The Bertz CT molecular complexity index is 1240. The zero-order valence-electron chi connectivity index (χ0n) is 17.8. The number of nitrogens with zero attached hydrogens (tertiary/aromatic N) is 2. The third kappa shape index (κ3) is 4.56. The average molecular weight is 424 g/mol. The first-order chi connectivity index (χ1) is 15.6. The largest absolute Gasteiger partial charge is 0.390 e. The van der Waals surface area contributed by atoms with Crippen molar-refractivity contribution in [3.8, 4) is 22.4 Å². The maximum atomic E-state index is 9.44. The molecule has 0 amide bonds. The third-order valence-electron chi connectivity index (χ3n) is 5.17. The molecule has 1 atom stereocenters. The van der Waals surface area contributed by atoms with Gasteiger partial charge in [-0.1, -0.05) is 42.5 Å². The molecular formula is C26H25N5O. The highest BCUT2D eigenvalue weighted by molar-refractivity contribution is 5.98. The van der Waals surface area contributed by atoms with Crippen LogP contribution in [0.15, 0.2) is 78.9 Å². The zero-order valence-corrected chi connectivity index (χ0v) is 17.8. The van der Waals surface area contributed by atoms with Crippen LogP contribution in [0.1, 0.15) is 29.9 Å². The molecule has 0 aliphatic heterocycles. The summed E-state index contributed by atoms with van der Waals surface area (Å²) < 4.78 is 0. The molecule has 6 nitrogen and oxygen atoms in total. The first-order valence-electron chi connectivity index (χ1n) is 10.4. The Hall–Kier alpha value is -3.87. The summed E-state index contributed by atoms with van der Waals surface area (Å²) in [7, 11) is 0. The van der Waals surface area contributed by atoms with E-state index in [4.69, 9.17) is 16.1 Å². The number of benzene rings is 2. The highest BCUT2D eigenvalue weighted by Crippen LogP contribution is 2.35. The average Bonchev–Trinajstić information content (AvgIpc) is 2.84. The Balaban J connectivity index is 1.90. The predicted molar refractivity (Wildman–Crippen MR) is 129 cm³/mol. The molecule has 2 aromatic carbocycles. The van der Waals surface area contributed by atoms with E-state index in [2.05, 4.69) is 10.3 Å². The molecule has 0 spiro atoms. The second-order valence-corrected chi connectivity index (χ2v) is 7.53. The van der Waals surface area contributed by atoms with E-state index in [0.29, 0.717) is 11.5 Å². The van der Waals surface area contributed by atoms with Gasteiger partial charge in [0, 0.05) is 29.1 Å². The maximum absolute atomic E-state index is 9.44. The second-order valence-electron chi connectivity index (χ2n) is 7.53. The molecule has 0 saturated heterocycles. The van der Waals surface area contributed by atoms with Crippen LogP contribution in [0, 0.1) is 5.41 Å². The van der Waals surface area contributed by atoms with E-state index in [1.54, 1.807) is 6.07 Å². The molecule has 0 bridgehead atoms. The van der Waals surface area contributed by atoms with Crippen molar-refractivity contribution in [2.75, 3.05) is 5.32 Å². The Morgan fingerprint density at radius 3 is 2.47 bits per heavy atom. The molecule has 4 aromatic rings. The lowest BCUT2D eigenvalue weighted by Gasteiger charge is -2.17. The minimum Gasteiger partial charge on any atom is -0.390 e. The van der Waals surface area contributed by atoms with E-state index >= 15 is 0 Å². The number of aliphatic hydroxyl groups excluding tert-OH is 1. The summed E-state index contributed by atoms with van der Waals surface area (Å²) in [6.07, 6.45) is 1.34. The monoisotopic (exact) mass is 423 g/mol. The van der Waals surface area contributed by atoms with E-state index in [1.807, 2.05) is 79.7 Å². The minimum atomic E-state index is -0.174. The van der Waals surface area contributed by atoms with Crippen LogP contribution in [0.5, 0.6) is 0 Å². The van der Waals surface area contributed by atoms with Gasteiger partial charge in [0.2, 0.25) is 0 Å². The Labute approximate surface area is 187 Å². The van der Waals surface area contributed by atoms with Crippen molar-refractivity contribution in [3.63, 3.8) is 0 Å². The van der Waals surface area contributed by atoms with E-state index in [-0.39, 0.29) is 12.6 Å². The van der Waals surface area contributed by atoms with Crippen LogP contribution < -0.4 is 11.1 Å². The number of aromatic nitrogens is 2. The SMILES string of the molecule is C[C@H](N)c1cccc(-c2cc(Nc3cccc(CO)n3)c(C=N)c(-c3ccccc3)c2)n1. The normalized spacial score (nSPS) is 11.7. The van der Waals surface area contributed by atoms with Gasteiger partial charge in [-0.05, 0) is 54.4 Å². The number of hydrogen-bond donors (Lipinski definition) is 4. The summed E-state index contributed by atoms with van der Waals surface area (Å²) in [5.41, 5.74) is 12.5. The highest BCUT2D eigenvalue weighted by Gasteiger charge is 2.14. The number of anilines is 2. The maximum Gasteiger partial charge on any atom is 0.130 e. The number of nitrogens with one attached hydrogen (secondary N) is 2. The lowest BCUT2D eigenvalue weighted by molar-refractivity contribution is 0.277. The first kappa shape index (κ1) is 21.4. The summed E-state index contributed by atoms with van der Waals surface area (Å²) in [6, 6.07) is 25.0. The smallest absolute Gasteiger partial charge is 0.130 e. The summed E-state index contributed by atoms with van der Waals surface area (Å²) in [5, 5.41) is 20.9. The molecule has 2 heterocycles. The summed E-state index contributed by atoms with van der Waals surface area (Å²) >= 11 is 0. The Morgan fingerprint density at radius 1 is 0.969 bits per heavy atom. The van der Waals surface area contributed by atoms with Crippen molar-refractivity contribution in [3.05, 3.63) is 95.8 Å². The van der Waals surface area contributed by atoms with E-state index in [1.165, 1.54) is 6.21 Å². The van der Waals surface area contributed by atoms with Crippen LogP contribution in [0.25, 0.3) is 22.4 Å². The number of aliphatic hydroxyl groups is 1. The third-order valence-corrected chi connectivity index (χ3v) is 5.17. The minimum absolute atomic E-state index is 0.143. The van der Waals surface area contributed by atoms with E-state index in [9.17, 15) is 5.11 Å². The van der Waals surface area contributed by atoms with Gasteiger partial charge in [-0.15, -0.1) is 0 Å². The van der Waals surface area contributed by atoms with Crippen molar-refractivity contribution < 1.29 is 5.11 Å². The molecule has 4 rings (SSSR count). The van der Waals surface area contributed by atoms with Crippen molar-refractivity contribution in [2.45, 2.75) is 19.6 Å². The van der Waals surface area contributed by atoms with Crippen molar-refractivity contribution in [1.82, 2.24) is 9.97 Å². The number of hydrogen-bond acceptors (Lipinski definition) is 6. The number of rotatable bonds is 7. The van der Waals surface area contributed by atoms with Gasteiger partial charge < -0.3 is 21.6 Å². The Morgan fingerprint density at radius 2 is 1.75 bits per heavy atom. The van der Waals surface area contributed by atoms with Crippen molar-refractivity contribution >= 4 is 17.7 Å². The fourth-order valence-corrected chi connectivity index (χ4v) is 3.56. The van der Waals surface area contributed by atoms with Crippen molar-refractivity contribution in [2.24, 2.45) is 5.73 Å². The molecule has 0 saturated carbocycles. The molecule has 0 aliphatic rings. The molecular weight excluding hydrogens is 398 g/mol. The lowest BCUT2D eigenvalue weighted by atomic mass is 9.94. The van der Waals surface area contributed by atoms with Gasteiger partial charge >= 0.3 is 0 Å². The van der Waals surface area contributed by atoms with Crippen molar-refractivity contribution in [1.29, 1.82) is 5.41 Å². The van der Waals surface area contributed by atoms with Crippen LogP contribution in [-0.2, 0) is 6.61 Å². The van der Waals surface area contributed by atoms with Crippen LogP contribution in [0.4, 0.5) is 11.5 Å². The summed E-state index contributed by atoms with van der Waals surface area (Å²) in [4.78, 5) is 9.19. The van der Waals surface area contributed by atoms with Gasteiger partial charge in [0.05, 0.1) is 23.7 Å². The van der Waals surface area contributed by atoms with E-state index < -0.39 is 0 Å². The molecule has 0 fully saturated rings. The van der Waals surface area contributed by atoms with Gasteiger partial charge in [-0.2, -0.15) is 0 Å². The van der Waals surface area contributed by atoms with Crippen LogP contribution in [0.2, 0.25) is 0 Å². The first-order valence-corrected chi connectivity index (χ1v) is 10.4. The Kier molecular flexibility index (Phi) is 6.35. The summed E-state index contributed by atoms with van der Waals surface area (Å²) in [5.74, 6) is 0.591. The molecule has 0 unspecified atom stereocenters. The van der Waals surface area contributed by atoms with Gasteiger partial charge in [0.25, 0.3) is 0 Å². The quantitative estimate of drug-likeness (QED) is 0.311. The molecule has 160 valence electrons. The summed E-state index contributed by atoms with van der Waals surface area (Å²) in [6.45, 7) is 1.77. The lowest BCUT2D eigenvalue weighted by Crippen LogP contribution is -2.07. The molecule has 0 radical (unpaired) electrons. The zero-order chi connectivity index (χ0) is 22.5. The van der Waals surface area contributed by atoms with Crippen LogP contribution in [-0.4, -0.2) is 21.3 Å². The molecule has 2 aromatic heterocycles. The number of pyridine rings is 2. The second kappa shape index (κ2) is 9.51. The molecule has 6 heteroatoms. The van der Waals surface area contributed by atoms with E-state index in [0.717, 1.165) is 39.3 Å². The fourth-order valence-electron chi connectivity index (χ4n) is 3.56. The number of nitrogens with two attached hydrogens (primary N) is 1. The van der Waals surface area contributed by atoms with Gasteiger partial charge in [-0.25, -0.2) is 4.98 Å². The van der Waals surface area contributed by atoms with Gasteiger partial charge in [-0.3, -0.25) is 4.98 Å². The molecule has 32 heavy (non-hydrogen) atoms. The molecule has 5 N–H and O–H groups in total. The topological polar surface area (TPSA) is 108 Å². The highest BCUT2D eigenvalue weighted by atomic mass is 16.3. The molecule has 0 aliphatic carbocycles. The van der Waals surface area contributed by atoms with Gasteiger partial charge in [0.1, 0.15) is 5.82 Å². The standard InChI is InChI=1S/C26H25N5O/c1-17(28)23-10-6-11-24(30-23)19-13-21(18-7-3-2-4-8-18)22(15-27)25(14-19)31-26-12-5-9-20(16-32)29-26/h2-15,17,27,32H,16,28H2,1H3,(H,29,31)/t17-/m0/s1. The van der Waals surface area contributed by atoms with Crippen LogP contribution >= 0.6 is 0 Å². The van der Waals surface area contributed by atoms with Crippen LogP contribution in [0.3, 0.4) is 0 Å². The predicted octanol–water partition coefficient (Wildman–Crippen LogP) is 5.06.